The lowest BCUT2D eigenvalue weighted by Gasteiger charge is -2.41. The predicted molar refractivity (Wildman–Crippen MR) is 69.2 cm³/mol. The number of rotatable bonds is 3. The van der Waals surface area contributed by atoms with E-state index in [0.717, 1.165) is 0 Å². The largest absolute Gasteiger partial charge is 0.409 e. The molecular formula is C13H25N3O. The lowest BCUT2D eigenvalue weighted by Crippen LogP contribution is -2.44. The molecule has 0 radical (unpaired) electrons. The van der Waals surface area contributed by atoms with E-state index in [1.54, 1.807) is 0 Å². The summed E-state index contributed by atoms with van der Waals surface area (Å²) in [5.41, 5.74) is 6.24. The molecule has 4 nitrogen and oxygen atoms in total. The van der Waals surface area contributed by atoms with Crippen LogP contribution in [-0.4, -0.2) is 35.1 Å². The zero-order chi connectivity index (χ0) is 12.3. The molecule has 3 N–H and O–H groups in total. The number of hydrogen-bond acceptors (Lipinski definition) is 3. The van der Waals surface area contributed by atoms with Gasteiger partial charge in [0.25, 0.3) is 0 Å². The second kappa shape index (κ2) is 5.25. The summed E-state index contributed by atoms with van der Waals surface area (Å²) in [6.45, 7) is 4.53. The van der Waals surface area contributed by atoms with Gasteiger partial charge in [-0.2, -0.15) is 0 Å². The number of hydrogen-bond donors (Lipinski definition) is 2. The minimum atomic E-state index is 0.346. The minimum absolute atomic E-state index is 0.346. The molecule has 98 valence electrons. The fourth-order valence-electron chi connectivity index (χ4n) is 3.54. The Kier molecular flexibility index (Phi) is 3.92. The third-order valence-corrected chi connectivity index (χ3v) is 4.78. The van der Waals surface area contributed by atoms with E-state index in [1.807, 2.05) is 0 Å². The standard InChI is InChI=1S/C13H25N3O/c1-11(10-12(14)15-17)16-8-6-13(7-9-16)4-2-3-5-13/h11,17H,2-10H2,1H3,(H2,14,15). The summed E-state index contributed by atoms with van der Waals surface area (Å²) in [7, 11) is 0. The molecule has 0 aromatic carbocycles. The van der Waals surface area contributed by atoms with E-state index in [4.69, 9.17) is 10.9 Å². The molecule has 1 saturated heterocycles. The van der Waals surface area contributed by atoms with Crippen molar-refractivity contribution in [3.05, 3.63) is 0 Å². The number of oxime groups is 1. The first-order chi connectivity index (χ1) is 8.15. The van der Waals surface area contributed by atoms with Crippen molar-refractivity contribution in [2.24, 2.45) is 16.3 Å². The maximum absolute atomic E-state index is 8.59. The van der Waals surface area contributed by atoms with Crippen LogP contribution in [0.4, 0.5) is 0 Å². The molecule has 0 amide bonds. The van der Waals surface area contributed by atoms with Crippen LogP contribution in [0.3, 0.4) is 0 Å². The van der Waals surface area contributed by atoms with Crippen LogP contribution in [0.15, 0.2) is 5.16 Å². The molecule has 2 aliphatic rings. The van der Waals surface area contributed by atoms with Gasteiger partial charge in [-0.1, -0.05) is 18.0 Å². The van der Waals surface area contributed by atoms with Gasteiger partial charge in [0.2, 0.25) is 0 Å². The van der Waals surface area contributed by atoms with Crippen molar-refractivity contribution < 1.29 is 5.21 Å². The van der Waals surface area contributed by atoms with Gasteiger partial charge in [0.05, 0.1) is 0 Å². The lowest BCUT2D eigenvalue weighted by atomic mass is 9.77. The summed E-state index contributed by atoms with van der Waals surface area (Å²) in [5, 5.41) is 11.7. The van der Waals surface area contributed by atoms with E-state index in [1.165, 1.54) is 51.6 Å². The molecular weight excluding hydrogens is 214 g/mol. The molecule has 1 aliphatic heterocycles. The molecule has 1 heterocycles. The van der Waals surface area contributed by atoms with Crippen LogP contribution in [0.2, 0.25) is 0 Å². The van der Waals surface area contributed by atoms with E-state index >= 15 is 0 Å². The fourth-order valence-corrected chi connectivity index (χ4v) is 3.54. The Morgan fingerprint density at radius 1 is 1.29 bits per heavy atom. The number of nitrogens with two attached hydrogens (primary N) is 1. The summed E-state index contributed by atoms with van der Waals surface area (Å²) in [6, 6.07) is 0.393. The molecule has 1 saturated carbocycles. The number of nitrogens with zero attached hydrogens (tertiary/aromatic N) is 2. The van der Waals surface area contributed by atoms with Gasteiger partial charge in [-0.3, -0.25) is 0 Å². The third-order valence-electron chi connectivity index (χ3n) is 4.78. The summed E-state index contributed by atoms with van der Waals surface area (Å²) in [5.74, 6) is 0.346. The van der Waals surface area contributed by atoms with Crippen LogP contribution in [0.25, 0.3) is 0 Å². The summed E-state index contributed by atoms with van der Waals surface area (Å²) < 4.78 is 0. The Balaban J connectivity index is 1.82. The van der Waals surface area contributed by atoms with Gasteiger partial charge < -0.3 is 15.8 Å². The second-order valence-electron chi connectivity index (χ2n) is 5.89. The predicted octanol–water partition coefficient (Wildman–Crippen LogP) is 2.17. The molecule has 1 atom stereocenters. The highest BCUT2D eigenvalue weighted by Crippen LogP contribution is 2.46. The van der Waals surface area contributed by atoms with Crippen LogP contribution < -0.4 is 5.73 Å². The molecule has 2 rings (SSSR count). The number of likely N-dealkylation sites (tertiary alicyclic amines) is 1. The SMILES string of the molecule is CC(CC(N)=NO)N1CCC2(CCCC2)CC1. The van der Waals surface area contributed by atoms with Crippen molar-refractivity contribution >= 4 is 5.84 Å². The minimum Gasteiger partial charge on any atom is -0.409 e. The quantitative estimate of drug-likeness (QED) is 0.343. The van der Waals surface area contributed by atoms with Gasteiger partial charge >= 0.3 is 0 Å². The molecule has 0 bridgehead atoms. The van der Waals surface area contributed by atoms with Crippen LogP contribution in [0.5, 0.6) is 0 Å². The Bertz CT molecular complexity index is 274. The molecule has 0 aromatic heterocycles. The van der Waals surface area contributed by atoms with Gasteiger partial charge in [0, 0.05) is 12.5 Å². The summed E-state index contributed by atoms with van der Waals surface area (Å²) in [6.07, 6.45) is 9.09. The molecule has 4 heteroatoms. The normalized spacial score (nSPS) is 27.5. The number of amidine groups is 1. The van der Waals surface area contributed by atoms with Crippen molar-refractivity contribution in [1.29, 1.82) is 0 Å². The lowest BCUT2D eigenvalue weighted by molar-refractivity contribution is 0.0833. The average Bonchev–Trinajstić information content (AvgIpc) is 2.78. The molecule has 0 aromatic rings. The maximum Gasteiger partial charge on any atom is 0.140 e. The number of piperidine rings is 1. The molecule has 17 heavy (non-hydrogen) atoms. The van der Waals surface area contributed by atoms with E-state index in [-0.39, 0.29) is 0 Å². The topological polar surface area (TPSA) is 61.9 Å². The van der Waals surface area contributed by atoms with E-state index in [9.17, 15) is 0 Å². The van der Waals surface area contributed by atoms with Gasteiger partial charge in [-0.05, 0) is 51.1 Å². The molecule has 1 spiro atoms. The van der Waals surface area contributed by atoms with Crippen molar-refractivity contribution in [1.82, 2.24) is 4.90 Å². The zero-order valence-corrected chi connectivity index (χ0v) is 10.9. The summed E-state index contributed by atoms with van der Waals surface area (Å²) in [4.78, 5) is 2.49. The van der Waals surface area contributed by atoms with Crippen molar-refractivity contribution in [2.45, 2.75) is 57.9 Å². The van der Waals surface area contributed by atoms with E-state index in [0.29, 0.717) is 23.7 Å². The Labute approximate surface area is 104 Å². The van der Waals surface area contributed by atoms with Gasteiger partial charge in [-0.25, -0.2) is 0 Å². The van der Waals surface area contributed by atoms with Crippen molar-refractivity contribution in [3.8, 4) is 0 Å². The van der Waals surface area contributed by atoms with E-state index < -0.39 is 0 Å². The second-order valence-corrected chi connectivity index (χ2v) is 5.89. The van der Waals surface area contributed by atoms with Gasteiger partial charge in [0.15, 0.2) is 0 Å². The monoisotopic (exact) mass is 239 g/mol. The van der Waals surface area contributed by atoms with Crippen molar-refractivity contribution in [2.75, 3.05) is 13.1 Å². The fraction of sp³-hybridized carbons (Fsp3) is 0.923. The highest BCUT2D eigenvalue weighted by atomic mass is 16.4. The first kappa shape index (κ1) is 12.7. The van der Waals surface area contributed by atoms with Crippen LogP contribution in [0, 0.1) is 5.41 Å². The van der Waals surface area contributed by atoms with Crippen LogP contribution >= 0.6 is 0 Å². The third kappa shape index (κ3) is 2.92. The highest BCUT2D eigenvalue weighted by molar-refractivity contribution is 5.80. The smallest absolute Gasteiger partial charge is 0.140 e. The molecule has 2 fully saturated rings. The first-order valence-corrected chi connectivity index (χ1v) is 6.86. The Morgan fingerprint density at radius 3 is 2.41 bits per heavy atom. The Hall–Kier alpha value is -0.770. The zero-order valence-electron chi connectivity index (χ0n) is 10.9. The molecule has 1 aliphatic carbocycles. The summed E-state index contributed by atoms with van der Waals surface area (Å²) >= 11 is 0. The highest BCUT2D eigenvalue weighted by Gasteiger charge is 2.37. The average molecular weight is 239 g/mol. The van der Waals surface area contributed by atoms with Gasteiger partial charge in [-0.15, -0.1) is 0 Å². The maximum atomic E-state index is 8.59. The van der Waals surface area contributed by atoms with Crippen molar-refractivity contribution in [3.63, 3.8) is 0 Å². The Morgan fingerprint density at radius 2 is 1.88 bits per heavy atom. The van der Waals surface area contributed by atoms with Crippen LogP contribution in [0.1, 0.15) is 51.9 Å². The van der Waals surface area contributed by atoms with Crippen LogP contribution in [-0.2, 0) is 0 Å². The first-order valence-electron chi connectivity index (χ1n) is 6.86. The molecule has 1 unspecified atom stereocenters. The van der Waals surface area contributed by atoms with E-state index in [2.05, 4.69) is 17.0 Å². The van der Waals surface area contributed by atoms with Gasteiger partial charge in [0.1, 0.15) is 5.84 Å².